The van der Waals surface area contributed by atoms with Crippen molar-refractivity contribution in [3.8, 4) is 0 Å². The Bertz CT molecular complexity index is 359. The van der Waals surface area contributed by atoms with Gasteiger partial charge >= 0.3 is 0 Å². The van der Waals surface area contributed by atoms with Crippen LogP contribution in [0.4, 0.5) is 8.78 Å². The summed E-state index contributed by atoms with van der Waals surface area (Å²) >= 11 is 0. The Hall–Kier alpha value is -0.710. The van der Waals surface area contributed by atoms with E-state index in [4.69, 9.17) is 5.73 Å². The maximum Gasteiger partial charge on any atom is 0.255 e. The van der Waals surface area contributed by atoms with Gasteiger partial charge in [0.2, 0.25) is 5.91 Å². The summed E-state index contributed by atoms with van der Waals surface area (Å²) in [6.45, 7) is -0.388. The summed E-state index contributed by atoms with van der Waals surface area (Å²) in [5, 5.41) is 0. The lowest BCUT2D eigenvalue weighted by Gasteiger charge is -2.44. The Morgan fingerprint density at radius 1 is 1.15 bits per heavy atom. The number of rotatable bonds is 4. The minimum absolute atomic E-state index is 0.0309. The van der Waals surface area contributed by atoms with Crippen molar-refractivity contribution in [2.45, 2.75) is 63.5 Å². The first kappa shape index (κ1) is 14.2. The van der Waals surface area contributed by atoms with Crippen LogP contribution in [0.25, 0.3) is 0 Å². The average molecular weight is 286 g/mol. The highest BCUT2D eigenvalue weighted by atomic mass is 19.3. The van der Waals surface area contributed by atoms with Crippen molar-refractivity contribution < 1.29 is 13.6 Å². The number of nitrogens with two attached hydrogens (primary N) is 1. The molecule has 2 N–H and O–H groups in total. The van der Waals surface area contributed by atoms with E-state index in [-0.39, 0.29) is 30.5 Å². The molecule has 3 rings (SSSR count). The third-order valence-corrected chi connectivity index (χ3v) is 5.37. The molecule has 3 fully saturated rings. The number of nitrogens with zero attached hydrogens (tertiary/aromatic N) is 1. The molecular weight excluding hydrogens is 262 g/mol. The molecule has 0 aromatic heterocycles. The lowest BCUT2D eigenvalue weighted by Crippen LogP contribution is -2.50. The fraction of sp³-hybridized carbons (Fsp3) is 0.933. The Morgan fingerprint density at radius 3 is 2.25 bits per heavy atom. The van der Waals surface area contributed by atoms with Gasteiger partial charge < -0.3 is 10.6 Å². The standard InChI is InChI=1S/C15H24F2N2O/c16-13(17)8-19(12-4-5-12)15(20)11-6-9-2-1-3-10(7-11)14(9)18/h9-14H,1-8,18H2. The summed E-state index contributed by atoms with van der Waals surface area (Å²) in [6.07, 6.45) is 4.36. The Morgan fingerprint density at radius 2 is 1.75 bits per heavy atom. The van der Waals surface area contributed by atoms with Crippen LogP contribution in [0, 0.1) is 17.8 Å². The third-order valence-electron chi connectivity index (χ3n) is 5.37. The second kappa shape index (κ2) is 5.58. The van der Waals surface area contributed by atoms with Crippen LogP contribution >= 0.6 is 0 Å². The van der Waals surface area contributed by atoms with E-state index in [0.29, 0.717) is 11.8 Å². The summed E-state index contributed by atoms with van der Waals surface area (Å²) in [5.74, 6) is 0.745. The van der Waals surface area contributed by atoms with Crippen LogP contribution in [-0.2, 0) is 4.79 Å². The highest BCUT2D eigenvalue weighted by molar-refractivity contribution is 5.79. The van der Waals surface area contributed by atoms with Gasteiger partial charge in [-0.25, -0.2) is 8.78 Å². The number of alkyl halides is 2. The van der Waals surface area contributed by atoms with Gasteiger partial charge in [-0.3, -0.25) is 4.79 Å². The first-order chi connectivity index (χ1) is 9.56. The number of carbonyl (C=O) groups is 1. The molecule has 0 saturated heterocycles. The van der Waals surface area contributed by atoms with Gasteiger partial charge in [-0.15, -0.1) is 0 Å². The predicted octanol–water partition coefficient (Wildman–Crippen LogP) is 2.40. The van der Waals surface area contributed by atoms with Crippen molar-refractivity contribution in [1.29, 1.82) is 0 Å². The smallest absolute Gasteiger partial charge is 0.255 e. The molecule has 5 heteroatoms. The van der Waals surface area contributed by atoms with Gasteiger partial charge in [0.1, 0.15) is 0 Å². The molecule has 0 aromatic carbocycles. The zero-order chi connectivity index (χ0) is 14.3. The lowest BCUT2D eigenvalue weighted by atomic mass is 9.65. The van der Waals surface area contributed by atoms with Crippen LogP contribution in [-0.4, -0.2) is 35.9 Å². The van der Waals surface area contributed by atoms with E-state index in [1.807, 2.05) is 0 Å². The molecule has 114 valence electrons. The minimum Gasteiger partial charge on any atom is -0.334 e. The largest absolute Gasteiger partial charge is 0.334 e. The van der Waals surface area contributed by atoms with Crippen molar-refractivity contribution in [2.24, 2.45) is 23.5 Å². The van der Waals surface area contributed by atoms with Gasteiger partial charge in [0.25, 0.3) is 6.43 Å². The van der Waals surface area contributed by atoms with E-state index >= 15 is 0 Å². The summed E-state index contributed by atoms with van der Waals surface area (Å²) in [5.41, 5.74) is 6.23. The molecule has 0 aromatic rings. The van der Waals surface area contributed by atoms with E-state index in [2.05, 4.69) is 0 Å². The van der Waals surface area contributed by atoms with E-state index in [0.717, 1.165) is 38.5 Å². The number of halogens is 2. The number of carbonyl (C=O) groups excluding carboxylic acids is 1. The Kier molecular flexibility index (Phi) is 3.98. The zero-order valence-corrected chi connectivity index (χ0v) is 11.8. The van der Waals surface area contributed by atoms with Crippen molar-refractivity contribution in [1.82, 2.24) is 4.90 Å². The topological polar surface area (TPSA) is 46.3 Å². The van der Waals surface area contributed by atoms with Crippen LogP contribution in [0.1, 0.15) is 44.9 Å². The number of amides is 1. The SMILES string of the molecule is NC1C2CCCC1CC(C(=O)N(CC(F)F)C1CC1)C2. The van der Waals surface area contributed by atoms with Crippen molar-refractivity contribution >= 4 is 5.91 Å². The van der Waals surface area contributed by atoms with Crippen LogP contribution in [0.3, 0.4) is 0 Å². The van der Waals surface area contributed by atoms with Crippen LogP contribution in [0.2, 0.25) is 0 Å². The second-order valence-corrected chi connectivity index (χ2v) is 6.81. The van der Waals surface area contributed by atoms with E-state index < -0.39 is 6.43 Å². The summed E-state index contributed by atoms with van der Waals surface area (Å²) in [4.78, 5) is 14.1. The summed E-state index contributed by atoms with van der Waals surface area (Å²) in [7, 11) is 0. The number of hydrogen-bond donors (Lipinski definition) is 1. The van der Waals surface area contributed by atoms with Gasteiger partial charge in [0.05, 0.1) is 6.54 Å². The molecule has 0 aliphatic heterocycles. The third kappa shape index (κ3) is 2.83. The molecule has 2 atom stereocenters. The average Bonchev–Trinajstić information content (AvgIpc) is 3.18. The monoisotopic (exact) mass is 286 g/mol. The maximum absolute atomic E-state index is 12.7. The first-order valence-electron chi connectivity index (χ1n) is 7.90. The second-order valence-electron chi connectivity index (χ2n) is 6.81. The van der Waals surface area contributed by atoms with Crippen LogP contribution in [0.5, 0.6) is 0 Å². The molecule has 2 bridgehead atoms. The number of hydrogen-bond acceptors (Lipinski definition) is 2. The van der Waals surface area contributed by atoms with E-state index in [1.165, 1.54) is 11.3 Å². The van der Waals surface area contributed by atoms with Crippen LogP contribution in [0.15, 0.2) is 0 Å². The number of fused-ring (bicyclic) bond motifs is 2. The van der Waals surface area contributed by atoms with Gasteiger partial charge in [0, 0.05) is 18.0 Å². The normalized spacial score (nSPS) is 37.0. The van der Waals surface area contributed by atoms with Crippen molar-refractivity contribution in [2.75, 3.05) is 6.54 Å². The van der Waals surface area contributed by atoms with Crippen LogP contribution < -0.4 is 5.73 Å². The van der Waals surface area contributed by atoms with Gasteiger partial charge in [-0.1, -0.05) is 6.42 Å². The molecule has 3 saturated carbocycles. The summed E-state index contributed by atoms with van der Waals surface area (Å²) < 4.78 is 25.4. The van der Waals surface area contributed by atoms with Gasteiger partial charge in [-0.05, 0) is 50.4 Å². The molecule has 3 aliphatic carbocycles. The fourth-order valence-corrected chi connectivity index (χ4v) is 4.18. The van der Waals surface area contributed by atoms with Crippen molar-refractivity contribution in [3.63, 3.8) is 0 Å². The first-order valence-corrected chi connectivity index (χ1v) is 7.90. The molecule has 3 nitrogen and oxygen atoms in total. The fourth-order valence-electron chi connectivity index (χ4n) is 4.18. The predicted molar refractivity (Wildman–Crippen MR) is 72.3 cm³/mol. The molecule has 1 amide bonds. The highest BCUT2D eigenvalue weighted by Gasteiger charge is 2.44. The Balaban J connectivity index is 1.67. The van der Waals surface area contributed by atoms with Gasteiger partial charge in [0.15, 0.2) is 0 Å². The molecule has 2 unspecified atom stereocenters. The molecular formula is C15H24F2N2O. The molecule has 0 radical (unpaired) electrons. The maximum atomic E-state index is 12.7. The molecule has 0 heterocycles. The molecule has 0 spiro atoms. The minimum atomic E-state index is -2.43. The molecule has 3 aliphatic rings. The summed E-state index contributed by atoms with van der Waals surface area (Å²) in [6, 6.07) is 0.296. The zero-order valence-electron chi connectivity index (χ0n) is 11.8. The van der Waals surface area contributed by atoms with E-state index in [1.54, 1.807) is 0 Å². The molecule has 20 heavy (non-hydrogen) atoms. The van der Waals surface area contributed by atoms with Crippen molar-refractivity contribution in [3.05, 3.63) is 0 Å². The highest BCUT2D eigenvalue weighted by Crippen LogP contribution is 2.43. The Labute approximate surface area is 118 Å². The van der Waals surface area contributed by atoms with Gasteiger partial charge in [-0.2, -0.15) is 0 Å². The van der Waals surface area contributed by atoms with E-state index in [9.17, 15) is 13.6 Å². The lowest BCUT2D eigenvalue weighted by molar-refractivity contribution is -0.141. The quantitative estimate of drug-likeness (QED) is 0.862.